The number of aryl methyl sites for hydroxylation is 1. The molecule has 4 rings (SSSR count). The maximum absolute atomic E-state index is 13.7. The number of fused-ring (bicyclic) bond motifs is 2. The average Bonchev–Trinajstić information content (AvgIpc) is 3.15. The lowest BCUT2D eigenvalue weighted by Crippen LogP contribution is -2.57. The molecule has 0 bridgehead atoms. The van der Waals surface area contributed by atoms with Crippen molar-refractivity contribution in [1.29, 1.82) is 0 Å². The zero-order chi connectivity index (χ0) is 26.6. The quantitative estimate of drug-likeness (QED) is 0.441. The molecule has 1 aliphatic carbocycles. The molecule has 0 saturated carbocycles. The Kier molecular flexibility index (Phi) is 9.60. The minimum atomic E-state index is -1.07. The van der Waals surface area contributed by atoms with Crippen LogP contribution in [0.2, 0.25) is 0 Å². The summed E-state index contributed by atoms with van der Waals surface area (Å²) < 4.78 is 0. The molecule has 1 heterocycles. The van der Waals surface area contributed by atoms with Gasteiger partial charge in [-0.05, 0) is 80.4 Å². The number of rotatable bonds is 9. The number of halogens is 1. The lowest BCUT2D eigenvalue weighted by atomic mass is 9.73. The molecule has 2 amide bonds. The van der Waals surface area contributed by atoms with E-state index < -0.39 is 17.6 Å². The number of carboxylic acids is 1. The number of benzene rings is 2. The van der Waals surface area contributed by atoms with Crippen LogP contribution in [0.5, 0.6) is 0 Å². The van der Waals surface area contributed by atoms with Crippen LogP contribution >= 0.6 is 12.4 Å². The second kappa shape index (κ2) is 12.3. The second-order valence-electron chi connectivity index (χ2n) is 11.3. The van der Waals surface area contributed by atoms with E-state index in [4.69, 9.17) is 5.73 Å². The number of aliphatic carboxylic acids is 1. The molecule has 2 atom stereocenters. The number of piperidine rings is 1. The van der Waals surface area contributed by atoms with E-state index in [0.717, 1.165) is 37.7 Å². The first kappa shape index (κ1) is 29.7. The predicted molar refractivity (Wildman–Crippen MR) is 150 cm³/mol. The summed E-state index contributed by atoms with van der Waals surface area (Å²) >= 11 is 0. The molecule has 2 aliphatic rings. The highest BCUT2D eigenvalue weighted by Crippen LogP contribution is 2.52. The maximum Gasteiger partial charge on any atom is 0.303 e. The van der Waals surface area contributed by atoms with Gasteiger partial charge in [0.25, 0.3) is 0 Å². The van der Waals surface area contributed by atoms with Gasteiger partial charge in [0.2, 0.25) is 11.8 Å². The summed E-state index contributed by atoms with van der Waals surface area (Å²) in [5.74, 6) is -1.16. The molecule has 2 aromatic rings. The monoisotopic (exact) mass is 541 g/mol. The van der Waals surface area contributed by atoms with Crippen molar-refractivity contribution >= 4 is 30.2 Å². The number of likely N-dealkylation sites (tertiary alicyclic amines) is 1. The minimum absolute atomic E-state index is 0. The van der Waals surface area contributed by atoms with Gasteiger partial charge < -0.3 is 21.1 Å². The van der Waals surface area contributed by atoms with E-state index in [1.807, 2.05) is 35.2 Å². The van der Waals surface area contributed by atoms with Crippen molar-refractivity contribution in [2.24, 2.45) is 5.73 Å². The Balaban J connectivity index is 0.00000400. The van der Waals surface area contributed by atoms with Crippen molar-refractivity contribution in [3.05, 3.63) is 71.3 Å². The summed E-state index contributed by atoms with van der Waals surface area (Å²) in [6.07, 6.45) is 4.66. The number of carboxylic acid groups (broad SMARTS) is 1. The summed E-state index contributed by atoms with van der Waals surface area (Å²) in [7, 11) is 0. The topological polar surface area (TPSA) is 113 Å². The fourth-order valence-corrected chi connectivity index (χ4v) is 6.03. The van der Waals surface area contributed by atoms with Gasteiger partial charge in [0.05, 0.1) is 12.0 Å². The van der Waals surface area contributed by atoms with Gasteiger partial charge in [0, 0.05) is 13.1 Å². The molecule has 206 valence electrons. The Morgan fingerprint density at radius 2 is 1.71 bits per heavy atom. The lowest BCUT2D eigenvalue weighted by Gasteiger charge is -2.41. The molecule has 1 fully saturated rings. The van der Waals surface area contributed by atoms with Crippen LogP contribution in [0.1, 0.15) is 75.0 Å². The number of nitrogens with zero attached hydrogens (tertiary/aromatic N) is 1. The SMILES string of the molecule is CC(C)(N)C(=O)N[C@H](CCCc1ccccc1)C(=O)N1CCC2(CC1)C[C@H](CC(=O)O)c1ccccc12.Cl. The Hall–Kier alpha value is -2.90. The van der Waals surface area contributed by atoms with E-state index in [1.54, 1.807) is 13.8 Å². The Bertz CT molecular complexity index is 1120. The van der Waals surface area contributed by atoms with Crippen molar-refractivity contribution in [2.75, 3.05) is 13.1 Å². The van der Waals surface area contributed by atoms with Crippen LogP contribution in [0.4, 0.5) is 0 Å². The third-order valence-electron chi connectivity index (χ3n) is 8.05. The first-order chi connectivity index (χ1) is 17.6. The fourth-order valence-electron chi connectivity index (χ4n) is 6.03. The zero-order valence-electron chi connectivity index (χ0n) is 22.3. The van der Waals surface area contributed by atoms with Gasteiger partial charge in [-0.1, -0.05) is 54.6 Å². The Morgan fingerprint density at radius 3 is 2.34 bits per heavy atom. The Labute approximate surface area is 231 Å². The number of carbonyl (C=O) groups is 3. The highest BCUT2D eigenvalue weighted by Gasteiger charge is 2.46. The van der Waals surface area contributed by atoms with E-state index in [9.17, 15) is 19.5 Å². The second-order valence-corrected chi connectivity index (χ2v) is 11.3. The van der Waals surface area contributed by atoms with Crippen LogP contribution in [0, 0.1) is 0 Å². The van der Waals surface area contributed by atoms with Crippen molar-refractivity contribution in [3.8, 4) is 0 Å². The Morgan fingerprint density at radius 1 is 1.08 bits per heavy atom. The summed E-state index contributed by atoms with van der Waals surface area (Å²) in [6.45, 7) is 4.46. The lowest BCUT2D eigenvalue weighted by molar-refractivity contribution is -0.139. The number of hydrogen-bond donors (Lipinski definition) is 3. The number of carbonyl (C=O) groups excluding carboxylic acids is 2. The van der Waals surface area contributed by atoms with Gasteiger partial charge in [-0.3, -0.25) is 14.4 Å². The van der Waals surface area contributed by atoms with Crippen molar-refractivity contribution in [2.45, 2.75) is 81.7 Å². The van der Waals surface area contributed by atoms with Gasteiger partial charge in [-0.15, -0.1) is 12.4 Å². The van der Waals surface area contributed by atoms with Crippen molar-refractivity contribution in [3.63, 3.8) is 0 Å². The molecule has 1 spiro atoms. The zero-order valence-corrected chi connectivity index (χ0v) is 23.1. The molecule has 7 nitrogen and oxygen atoms in total. The van der Waals surface area contributed by atoms with Crippen molar-refractivity contribution < 1.29 is 19.5 Å². The highest BCUT2D eigenvalue weighted by molar-refractivity contribution is 5.91. The van der Waals surface area contributed by atoms with E-state index in [1.165, 1.54) is 11.1 Å². The average molecular weight is 542 g/mol. The fraction of sp³-hybridized carbons (Fsp3) is 0.500. The van der Waals surface area contributed by atoms with Crippen LogP contribution in [-0.2, 0) is 26.2 Å². The standard InChI is InChI=1S/C30H39N3O4.ClH/c1-29(2,31)28(37)32-25(14-8-11-21-9-4-3-5-10-21)27(36)33-17-15-30(16-18-33)20-22(19-26(34)35)23-12-6-7-13-24(23)30;/h3-7,9-10,12-13,22,25H,8,11,14-20,31H2,1-2H3,(H,32,37)(H,34,35);1H/t22-,25+;/m0./s1. The van der Waals surface area contributed by atoms with E-state index in [0.29, 0.717) is 19.5 Å². The van der Waals surface area contributed by atoms with Gasteiger partial charge in [-0.2, -0.15) is 0 Å². The third-order valence-corrected chi connectivity index (χ3v) is 8.05. The van der Waals surface area contributed by atoms with E-state index in [2.05, 4.69) is 29.6 Å². The molecule has 38 heavy (non-hydrogen) atoms. The largest absolute Gasteiger partial charge is 0.481 e. The molecule has 1 saturated heterocycles. The maximum atomic E-state index is 13.7. The third kappa shape index (κ3) is 6.75. The van der Waals surface area contributed by atoms with Crippen molar-refractivity contribution in [1.82, 2.24) is 10.2 Å². The van der Waals surface area contributed by atoms with E-state index >= 15 is 0 Å². The smallest absolute Gasteiger partial charge is 0.303 e. The molecule has 0 unspecified atom stereocenters. The number of amides is 2. The van der Waals surface area contributed by atoms with Crippen LogP contribution in [0.15, 0.2) is 54.6 Å². The summed E-state index contributed by atoms with van der Waals surface area (Å²) in [4.78, 5) is 39.7. The molecule has 2 aromatic carbocycles. The summed E-state index contributed by atoms with van der Waals surface area (Å²) in [6, 6.07) is 17.7. The molecule has 1 aliphatic heterocycles. The number of hydrogen-bond acceptors (Lipinski definition) is 4. The molecule has 8 heteroatoms. The molecular weight excluding hydrogens is 502 g/mol. The van der Waals surface area contributed by atoms with Crippen LogP contribution < -0.4 is 11.1 Å². The van der Waals surface area contributed by atoms with Crippen LogP contribution in [0.25, 0.3) is 0 Å². The van der Waals surface area contributed by atoms with E-state index in [-0.39, 0.29) is 42.0 Å². The molecule has 0 aromatic heterocycles. The van der Waals surface area contributed by atoms with Gasteiger partial charge in [-0.25, -0.2) is 0 Å². The number of nitrogens with two attached hydrogens (primary N) is 1. The normalized spacial score (nSPS) is 18.8. The molecule has 0 radical (unpaired) electrons. The van der Waals surface area contributed by atoms with Crippen LogP contribution in [-0.4, -0.2) is 52.5 Å². The van der Waals surface area contributed by atoms with Crippen LogP contribution in [0.3, 0.4) is 0 Å². The first-order valence-corrected chi connectivity index (χ1v) is 13.3. The van der Waals surface area contributed by atoms with Gasteiger partial charge in [0.1, 0.15) is 6.04 Å². The highest BCUT2D eigenvalue weighted by atomic mass is 35.5. The molecular formula is C30H40ClN3O4. The first-order valence-electron chi connectivity index (χ1n) is 13.3. The summed E-state index contributed by atoms with van der Waals surface area (Å²) in [5.41, 5.74) is 8.43. The molecule has 4 N–H and O–H groups in total. The minimum Gasteiger partial charge on any atom is -0.481 e. The van der Waals surface area contributed by atoms with Gasteiger partial charge in [0.15, 0.2) is 0 Å². The summed E-state index contributed by atoms with van der Waals surface area (Å²) in [5, 5.41) is 12.4. The number of nitrogens with one attached hydrogen (secondary N) is 1. The van der Waals surface area contributed by atoms with Gasteiger partial charge >= 0.3 is 5.97 Å². The predicted octanol–water partition coefficient (Wildman–Crippen LogP) is 4.18.